The molecule has 0 spiro atoms. The van der Waals surface area contributed by atoms with Crippen molar-refractivity contribution in [1.82, 2.24) is 19.6 Å². The van der Waals surface area contributed by atoms with Crippen LogP contribution in [-0.2, 0) is 6.54 Å². The number of pyridine rings is 2. The van der Waals surface area contributed by atoms with Gasteiger partial charge in [-0.2, -0.15) is 0 Å². The van der Waals surface area contributed by atoms with Gasteiger partial charge in [-0.25, -0.2) is 4.39 Å². The number of aryl methyl sites for hydroxylation is 2. The van der Waals surface area contributed by atoms with Crippen LogP contribution in [0.3, 0.4) is 0 Å². The van der Waals surface area contributed by atoms with Gasteiger partial charge in [-0.15, -0.1) is 0 Å². The monoisotopic (exact) mass is 476 g/mol. The van der Waals surface area contributed by atoms with Crippen molar-refractivity contribution in [3.05, 3.63) is 75.7 Å². The Hall–Kier alpha value is -4.01. The Balaban J connectivity index is 1.75. The molecule has 0 aliphatic carbocycles. The maximum Gasteiger partial charge on any atom is 0.264 e. The molecule has 1 atom stereocenters. The highest BCUT2D eigenvalue weighted by Crippen LogP contribution is 2.37. The minimum Gasteiger partial charge on any atom is -0.496 e. The number of fused-ring (bicyclic) bond motifs is 1. The van der Waals surface area contributed by atoms with Crippen molar-refractivity contribution in [2.45, 2.75) is 33.0 Å². The van der Waals surface area contributed by atoms with Gasteiger partial charge in [-0.05, 0) is 44.5 Å². The summed E-state index contributed by atoms with van der Waals surface area (Å²) in [5.74, 6) is 0.700. The molecule has 5 rings (SSSR count). The molecule has 8 nitrogen and oxygen atoms in total. The van der Waals surface area contributed by atoms with E-state index >= 15 is 0 Å². The molecule has 180 valence electrons. The molecule has 1 fully saturated rings. The van der Waals surface area contributed by atoms with Crippen LogP contribution in [0.2, 0.25) is 0 Å². The second-order valence-electron chi connectivity index (χ2n) is 8.72. The number of likely N-dealkylation sites (tertiary alicyclic amines) is 1. The van der Waals surface area contributed by atoms with Gasteiger partial charge in [0.05, 0.1) is 42.7 Å². The smallest absolute Gasteiger partial charge is 0.264 e. The van der Waals surface area contributed by atoms with Crippen molar-refractivity contribution in [2.24, 2.45) is 0 Å². The van der Waals surface area contributed by atoms with Crippen LogP contribution in [-0.4, -0.2) is 51.9 Å². The largest absolute Gasteiger partial charge is 0.496 e. The minimum absolute atomic E-state index is 0.00240. The summed E-state index contributed by atoms with van der Waals surface area (Å²) in [7, 11) is 1.56. The number of methoxy groups -OCH3 is 1. The number of ether oxygens (including phenoxy) is 1. The summed E-state index contributed by atoms with van der Waals surface area (Å²) in [6, 6.07) is 10.7. The highest BCUT2D eigenvalue weighted by atomic mass is 19.1. The molecule has 4 heterocycles. The standard InChI is InChI=1S/C26H25FN4O4/c1-15-24(16(2)35-29-15)20-10-17-11-21(25(32)30-9-7-18(27)13-30)26(33)31(22(17)12-23(20)34-3)14-19-6-4-5-8-28-19/h4-6,8,10-12,18H,7,9,13-14H2,1-3H3. The van der Waals surface area contributed by atoms with Crippen molar-refractivity contribution in [3.63, 3.8) is 0 Å². The average molecular weight is 477 g/mol. The van der Waals surface area contributed by atoms with Gasteiger partial charge in [0.25, 0.3) is 11.5 Å². The zero-order chi connectivity index (χ0) is 24.7. The third-order valence-electron chi connectivity index (χ3n) is 6.41. The number of amides is 1. The summed E-state index contributed by atoms with van der Waals surface area (Å²) < 4.78 is 26.4. The van der Waals surface area contributed by atoms with Crippen LogP contribution in [0.15, 0.2) is 51.9 Å². The lowest BCUT2D eigenvalue weighted by Crippen LogP contribution is -2.36. The van der Waals surface area contributed by atoms with Crippen molar-refractivity contribution >= 4 is 16.8 Å². The van der Waals surface area contributed by atoms with E-state index in [-0.39, 0.29) is 31.6 Å². The molecule has 9 heteroatoms. The first-order valence-electron chi connectivity index (χ1n) is 11.4. The molecule has 0 bridgehead atoms. The maximum absolute atomic E-state index is 13.8. The molecular weight excluding hydrogens is 451 g/mol. The summed E-state index contributed by atoms with van der Waals surface area (Å²) in [4.78, 5) is 32.7. The topological polar surface area (TPSA) is 90.5 Å². The van der Waals surface area contributed by atoms with Gasteiger partial charge in [0.2, 0.25) is 0 Å². The first kappa shape index (κ1) is 22.8. The van der Waals surface area contributed by atoms with E-state index < -0.39 is 17.6 Å². The normalized spacial score (nSPS) is 15.7. The molecule has 0 saturated carbocycles. The number of carbonyl (C=O) groups is 1. The molecule has 0 N–H and O–H groups in total. The highest BCUT2D eigenvalue weighted by Gasteiger charge is 2.29. The molecule has 1 aliphatic heterocycles. The molecule has 1 aliphatic rings. The van der Waals surface area contributed by atoms with Crippen LogP contribution in [0.4, 0.5) is 4.39 Å². The van der Waals surface area contributed by atoms with Crippen LogP contribution in [0.5, 0.6) is 5.75 Å². The number of hydrogen-bond acceptors (Lipinski definition) is 6. The Morgan fingerprint density at radius 2 is 2.09 bits per heavy atom. The van der Waals surface area contributed by atoms with Crippen molar-refractivity contribution < 1.29 is 18.4 Å². The molecule has 3 aromatic heterocycles. The Bertz CT molecular complexity index is 1460. The van der Waals surface area contributed by atoms with Gasteiger partial charge in [0, 0.05) is 29.8 Å². The van der Waals surface area contributed by atoms with E-state index in [4.69, 9.17) is 9.26 Å². The van der Waals surface area contributed by atoms with Crippen LogP contribution >= 0.6 is 0 Å². The Kier molecular flexibility index (Phi) is 5.84. The van der Waals surface area contributed by atoms with Crippen LogP contribution in [0, 0.1) is 13.8 Å². The van der Waals surface area contributed by atoms with Gasteiger partial charge in [0.15, 0.2) is 0 Å². The lowest BCUT2D eigenvalue weighted by Gasteiger charge is -2.19. The number of carbonyl (C=O) groups excluding carboxylic acids is 1. The first-order valence-corrected chi connectivity index (χ1v) is 11.4. The molecule has 1 aromatic carbocycles. The van der Waals surface area contributed by atoms with Crippen molar-refractivity contribution in [2.75, 3.05) is 20.2 Å². The molecular formula is C26H25FN4O4. The fraction of sp³-hybridized carbons (Fsp3) is 0.308. The van der Waals surface area contributed by atoms with Gasteiger partial charge < -0.3 is 18.7 Å². The van der Waals surface area contributed by atoms with Gasteiger partial charge in [-0.3, -0.25) is 14.6 Å². The molecule has 1 unspecified atom stereocenters. The fourth-order valence-corrected chi connectivity index (χ4v) is 4.68. The Labute approximate surface area is 200 Å². The van der Waals surface area contributed by atoms with E-state index in [1.54, 1.807) is 31.5 Å². The highest BCUT2D eigenvalue weighted by molar-refractivity contribution is 5.99. The summed E-state index contributed by atoms with van der Waals surface area (Å²) in [5.41, 5.74) is 3.03. The zero-order valence-electron chi connectivity index (χ0n) is 19.7. The number of aromatic nitrogens is 3. The second-order valence-corrected chi connectivity index (χ2v) is 8.72. The minimum atomic E-state index is -1.08. The van der Waals surface area contributed by atoms with Crippen LogP contribution in [0.1, 0.15) is 33.9 Å². The number of nitrogens with zero attached hydrogens (tertiary/aromatic N) is 4. The van der Waals surface area contributed by atoms with Gasteiger partial charge in [-0.1, -0.05) is 11.2 Å². The second kappa shape index (κ2) is 8.98. The summed E-state index contributed by atoms with van der Waals surface area (Å²) in [6.45, 7) is 4.09. The van der Waals surface area contributed by atoms with E-state index in [0.29, 0.717) is 33.8 Å². The first-order chi connectivity index (χ1) is 16.9. The average Bonchev–Trinajstić information content (AvgIpc) is 3.44. The van der Waals surface area contributed by atoms with Crippen molar-refractivity contribution in [1.29, 1.82) is 0 Å². The number of alkyl halides is 1. The zero-order valence-corrected chi connectivity index (χ0v) is 19.7. The number of benzene rings is 1. The third kappa shape index (κ3) is 4.07. The van der Waals surface area contributed by atoms with E-state index in [0.717, 1.165) is 11.1 Å². The quantitative estimate of drug-likeness (QED) is 0.434. The summed E-state index contributed by atoms with van der Waals surface area (Å²) in [5, 5.41) is 4.71. The number of halogens is 1. The van der Waals surface area contributed by atoms with E-state index in [2.05, 4.69) is 10.1 Å². The molecule has 0 radical (unpaired) electrons. The van der Waals surface area contributed by atoms with Crippen LogP contribution in [0.25, 0.3) is 22.0 Å². The fourth-order valence-electron chi connectivity index (χ4n) is 4.68. The van der Waals surface area contributed by atoms with Gasteiger partial charge >= 0.3 is 0 Å². The number of hydrogen-bond donors (Lipinski definition) is 0. The third-order valence-corrected chi connectivity index (χ3v) is 6.41. The summed E-state index contributed by atoms with van der Waals surface area (Å²) in [6.07, 6.45) is 0.847. The lowest BCUT2D eigenvalue weighted by molar-refractivity contribution is 0.0780. The van der Waals surface area contributed by atoms with Crippen LogP contribution < -0.4 is 10.3 Å². The van der Waals surface area contributed by atoms with E-state index in [9.17, 15) is 14.0 Å². The van der Waals surface area contributed by atoms with Crippen molar-refractivity contribution in [3.8, 4) is 16.9 Å². The lowest BCUT2D eigenvalue weighted by atomic mass is 9.99. The van der Waals surface area contributed by atoms with Gasteiger partial charge in [0.1, 0.15) is 23.2 Å². The molecule has 35 heavy (non-hydrogen) atoms. The Morgan fingerprint density at radius 1 is 1.26 bits per heavy atom. The van der Waals surface area contributed by atoms with E-state index in [1.165, 1.54) is 9.47 Å². The SMILES string of the molecule is COc1cc2c(cc1-c1c(C)noc1C)cc(C(=O)N1CCC(F)C1)c(=O)n2Cc1ccccn1. The predicted molar refractivity (Wildman–Crippen MR) is 128 cm³/mol. The Morgan fingerprint density at radius 3 is 2.71 bits per heavy atom. The van der Waals surface area contributed by atoms with E-state index in [1.807, 2.05) is 32.0 Å². The molecule has 1 amide bonds. The number of rotatable bonds is 5. The summed E-state index contributed by atoms with van der Waals surface area (Å²) >= 11 is 0. The predicted octanol–water partition coefficient (Wildman–Crippen LogP) is 3.91. The maximum atomic E-state index is 13.8. The molecule has 1 saturated heterocycles. The molecule has 4 aromatic rings.